The predicted octanol–water partition coefficient (Wildman–Crippen LogP) is 3.65. The van der Waals surface area contributed by atoms with Crippen molar-refractivity contribution in [2.75, 3.05) is 46.0 Å². The standard InChI is InChI=1S/C29H40N2O8/c32-26(30-9-10-31-11-14-34-15-12-31)6-7-28(8-13-35-27(33)36-25-4-2-1-3-5-25)37-29(39-38-28)23-17-21-16-22(19-23)20-24(29)18-21/h1-5,21-24H,6-20H2,(H,30,32). The third-order valence-electron chi connectivity index (χ3n) is 9.18. The highest BCUT2D eigenvalue weighted by Crippen LogP contribution is 2.63. The topological polar surface area (TPSA) is 105 Å². The van der Waals surface area contributed by atoms with Gasteiger partial charge in [0.2, 0.25) is 17.5 Å². The summed E-state index contributed by atoms with van der Waals surface area (Å²) in [6.45, 7) is 4.63. The zero-order valence-corrected chi connectivity index (χ0v) is 22.5. The lowest BCUT2D eigenvalue weighted by Crippen LogP contribution is -2.59. The molecule has 2 aliphatic heterocycles. The van der Waals surface area contributed by atoms with Gasteiger partial charge in [0.15, 0.2) is 0 Å². The number of rotatable bonds is 10. The minimum Gasteiger partial charge on any atom is -0.434 e. The van der Waals surface area contributed by atoms with Crippen LogP contribution in [0.3, 0.4) is 0 Å². The van der Waals surface area contributed by atoms with Crippen molar-refractivity contribution in [3.05, 3.63) is 30.3 Å². The molecule has 1 atom stereocenters. The molecule has 10 nitrogen and oxygen atoms in total. The third kappa shape index (κ3) is 6.10. The maximum absolute atomic E-state index is 12.8. The Labute approximate surface area is 229 Å². The number of benzene rings is 1. The molecule has 1 amide bonds. The molecule has 6 aliphatic rings. The number of hydrogen-bond acceptors (Lipinski definition) is 9. The zero-order chi connectivity index (χ0) is 26.7. The molecule has 10 heteroatoms. The molecule has 4 bridgehead atoms. The summed E-state index contributed by atoms with van der Waals surface area (Å²) in [5.74, 6) is 0.487. The number of ether oxygens (including phenoxy) is 4. The van der Waals surface area contributed by atoms with Gasteiger partial charge in [-0.3, -0.25) is 9.69 Å². The zero-order valence-electron chi connectivity index (χ0n) is 22.5. The van der Waals surface area contributed by atoms with E-state index in [9.17, 15) is 9.59 Å². The van der Waals surface area contributed by atoms with Gasteiger partial charge in [-0.2, -0.15) is 9.78 Å². The molecule has 6 fully saturated rings. The van der Waals surface area contributed by atoms with E-state index in [1.807, 2.05) is 6.07 Å². The van der Waals surface area contributed by atoms with Crippen LogP contribution < -0.4 is 10.1 Å². The summed E-state index contributed by atoms with van der Waals surface area (Å²) in [5.41, 5.74) is 0. The van der Waals surface area contributed by atoms with Crippen molar-refractivity contribution in [1.82, 2.24) is 10.2 Å². The number of nitrogens with zero attached hydrogens (tertiary/aromatic N) is 1. The van der Waals surface area contributed by atoms with Crippen LogP contribution in [0, 0.1) is 23.7 Å². The number of nitrogens with one attached hydrogen (secondary N) is 1. The van der Waals surface area contributed by atoms with E-state index in [-0.39, 0.29) is 25.4 Å². The van der Waals surface area contributed by atoms with Crippen molar-refractivity contribution in [1.29, 1.82) is 0 Å². The SMILES string of the molecule is O=C(CCC1(CCOC(=O)Oc2ccccc2)OOC2(O1)C1CC3CC(C1)CC2C3)NCCN1CCOCC1. The first-order valence-electron chi connectivity index (χ1n) is 14.6. The fourth-order valence-electron chi connectivity index (χ4n) is 7.39. The van der Waals surface area contributed by atoms with Crippen LogP contribution in [0.25, 0.3) is 0 Å². The van der Waals surface area contributed by atoms with E-state index < -0.39 is 17.7 Å². The van der Waals surface area contributed by atoms with Gasteiger partial charge in [-0.05, 0) is 56.1 Å². The largest absolute Gasteiger partial charge is 0.513 e. The molecule has 214 valence electrons. The molecular weight excluding hydrogens is 504 g/mol. The van der Waals surface area contributed by atoms with Gasteiger partial charge in [-0.15, -0.1) is 0 Å². The van der Waals surface area contributed by atoms with E-state index in [0.29, 0.717) is 30.6 Å². The van der Waals surface area contributed by atoms with E-state index >= 15 is 0 Å². The van der Waals surface area contributed by atoms with Crippen molar-refractivity contribution < 1.29 is 38.3 Å². The molecule has 1 spiro atoms. The number of carbonyl (C=O) groups is 2. The normalized spacial score (nSPS) is 35.3. The molecular formula is C29H40N2O8. The van der Waals surface area contributed by atoms with Crippen molar-refractivity contribution in [2.45, 2.75) is 62.9 Å². The Kier molecular flexibility index (Phi) is 8.09. The van der Waals surface area contributed by atoms with Crippen LogP contribution in [0.1, 0.15) is 51.4 Å². The molecule has 0 aromatic heterocycles. The molecule has 1 N–H and O–H groups in total. The van der Waals surface area contributed by atoms with Gasteiger partial charge in [-0.1, -0.05) is 18.2 Å². The van der Waals surface area contributed by atoms with Crippen LogP contribution in [0.4, 0.5) is 4.79 Å². The Balaban J connectivity index is 1.05. The van der Waals surface area contributed by atoms with Gasteiger partial charge in [0, 0.05) is 57.3 Å². The van der Waals surface area contributed by atoms with Crippen LogP contribution in [0.2, 0.25) is 0 Å². The summed E-state index contributed by atoms with van der Waals surface area (Å²) < 4.78 is 22.8. The monoisotopic (exact) mass is 544 g/mol. The minimum atomic E-state index is -1.16. The molecule has 4 saturated carbocycles. The number of morpholine rings is 1. The van der Waals surface area contributed by atoms with Crippen molar-refractivity contribution >= 4 is 12.1 Å². The third-order valence-corrected chi connectivity index (χ3v) is 9.18. The Morgan fingerprint density at radius 3 is 2.38 bits per heavy atom. The smallest absolute Gasteiger partial charge is 0.434 e. The van der Waals surface area contributed by atoms with E-state index in [4.69, 9.17) is 28.7 Å². The molecule has 4 aliphatic carbocycles. The second-order valence-corrected chi connectivity index (χ2v) is 11.8. The number of carbonyl (C=O) groups excluding carboxylic acids is 2. The summed E-state index contributed by atoms with van der Waals surface area (Å²) in [4.78, 5) is 39.5. The average Bonchev–Trinajstić information content (AvgIpc) is 3.32. The second kappa shape index (κ2) is 11.7. The van der Waals surface area contributed by atoms with Gasteiger partial charge < -0.3 is 24.3 Å². The maximum Gasteiger partial charge on any atom is 0.513 e. The fourth-order valence-corrected chi connectivity index (χ4v) is 7.39. The van der Waals surface area contributed by atoms with Gasteiger partial charge in [0.25, 0.3) is 0 Å². The average molecular weight is 545 g/mol. The van der Waals surface area contributed by atoms with Gasteiger partial charge in [-0.25, -0.2) is 4.79 Å². The first-order valence-corrected chi connectivity index (χ1v) is 14.6. The lowest BCUT2D eigenvalue weighted by atomic mass is 9.53. The van der Waals surface area contributed by atoms with Crippen LogP contribution >= 0.6 is 0 Å². The molecule has 1 aromatic carbocycles. The number of hydrogen-bond donors (Lipinski definition) is 1. The molecule has 2 heterocycles. The first kappa shape index (κ1) is 27.0. The van der Waals surface area contributed by atoms with E-state index in [2.05, 4.69) is 10.2 Å². The van der Waals surface area contributed by atoms with Crippen molar-refractivity contribution in [2.24, 2.45) is 23.7 Å². The van der Waals surface area contributed by atoms with Gasteiger partial charge in [0.05, 0.1) is 13.2 Å². The summed E-state index contributed by atoms with van der Waals surface area (Å²) in [7, 11) is 0. The van der Waals surface area contributed by atoms with Gasteiger partial charge >= 0.3 is 6.16 Å². The molecule has 0 radical (unpaired) electrons. The Bertz CT molecular complexity index is 972. The Hall–Kier alpha value is -2.24. The highest BCUT2D eigenvalue weighted by Gasteiger charge is 2.66. The fraction of sp³-hybridized carbons (Fsp3) is 0.724. The predicted molar refractivity (Wildman–Crippen MR) is 138 cm³/mol. The molecule has 1 aromatic rings. The highest BCUT2D eigenvalue weighted by molar-refractivity contribution is 5.75. The van der Waals surface area contributed by atoms with Crippen molar-refractivity contribution in [3.63, 3.8) is 0 Å². The molecule has 2 saturated heterocycles. The molecule has 7 rings (SSSR count). The van der Waals surface area contributed by atoms with Crippen LogP contribution in [-0.4, -0.2) is 74.5 Å². The Morgan fingerprint density at radius 1 is 0.949 bits per heavy atom. The summed E-state index contributed by atoms with van der Waals surface area (Å²) in [6.07, 6.45) is 5.66. The summed E-state index contributed by atoms with van der Waals surface area (Å²) >= 11 is 0. The van der Waals surface area contributed by atoms with Crippen molar-refractivity contribution in [3.8, 4) is 5.75 Å². The maximum atomic E-state index is 12.8. The molecule has 1 unspecified atom stereocenters. The quantitative estimate of drug-likeness (QED) is 0.268. The number of amides is 1. The van der Waals surface area contributed by atoms with Crippen LogP contribution in [0.5, 0.6) is 5.75 Å². The second-order valence-electron chi connectivity index (χ2n) is 11.8. The van der Waals surface area contributed by atoms with Crippen LogP contribution in [-0.2, 0) is 28.8 Å². The lowest BCUT2D eigenvalue weighted by Gasteiger charge is -2.57. The molecule has 39 heavy (non-hydrogen) atoms. The highest BCUT2D eigenvalue weighted by atomic mass is 17.3. The summed E-state index contributed by atoms with van der Waals surface area (Å²) in [5, 5.41) is 3.02. The van der Waals surface area contributed by atoms with Gasteiger partial charge in [0.1, 0.15) is 12.4 Å². The number of para-hydroxylation sites is 1. The Morgan fingerprint density at radius 2 is 1.67 bits per heavy atom. The summed E-state index contributed by atoms with van der Waals surface area (Å²) in [6, 6.07) is 8.79. The minimum absolute atomic E-state index is 0.0182. The van der Waals surface area contributed by atoms with E-state index in [1.54, 1.807) is 24.3 Å². The lowest BCUT2D eigenvalue weighted by molar-refractivity contribution is -0.389. The van der Waals surface area contributed by atoms with E-state index in [0.717, 1.165) is 70.4 Å². The van der Waals surface area contributed by atoms with E-state index in [1.165, 1.54) is 6.42 Å². The van der Waals surface area contributed by atoms with Crippen LogP contribution in [0.15, 0.2) is 30.3 Å². The first-order chi connectivity index (χ1) is 19.0.